The number of benzene rings is 2. The average molecular weight is 634 g/mol. The molecule has 0 radical (unpaired) electrons. The van der Waals surface area contributed by atoms with Gasteiger partial charge in [0.2, 0.25) is 5.91 Å². The summed E-state index contributed by atoms with van der Waals surface area (Å²) < 4.78 is 0. The minimum absolute atomic E-state index is 0. The van der Waals surface area contributed by atoms with E-state index in [0.717, 1.165) is 74.6 Å². The third kappa shape index (κ3) is 7.54. The van der Waals surface area contributed by atoms with E-state index in [1.165, 1.54) is 11.1 Å². The highest BCUT2D eigenvalue weighted by molar-refractivity contribution is 5.96. The van der Waals surface area contributed by atoms with Gasteiger partial charge in [-0.25, -0.2) is 0 Å². The molecule has 226 valence electrons. The van der Waals surface area contributed by atoms with Gasteiger partial charge in [-0.2, -0.15) is 0 Å². The lowest BCUT2D eigenvalue weighted by Crippen LogP contribution is -2.45. The van der Waals surface area contributed by atoms with E-state index >= 15 is 0 Å². The predicted octanol–water partition coefficient (Wildman–Crippen LogP) is 4.86. The number of carbonyl (C=O) groups excluding carboxylic acids is 2. The van der Waals surface area contributed by atoms with Gasteiger partial charge in [-0.3, -0.25) is 14.6 Å². The Bertz CT molecular complexity index is 1380. The number of rotatable bonds is 5. The number of anilines is 2. The number of likely N-dealkylation sites (tertiary alicyclic amines) is 1. The molecule has 0 saturated carbocycles. The van der Waals surface area contributed by atoms with Crippen LogP contribution in [0.2, 0.25) is 0 Å². The molecule has 6 rings (SSSR count). The van der Waals surface area contributed by atoms with E-state index < -0.39 is 0 Å². The number of carbonyl (C=O) groups is 2. The lowest BCUT2D eigenvalue weighted by Gasteiger charge is -2.34. The molecule has 8 nitrogen and oxygen atoms in total. The summed E-state index contributed by atoms with van der Waals surface area (Å²) in [6.45, 7) is 6.74. The van der Waals surface area contributed by atoms with E-state index in [1.54, 1.807) is 11.1 Å². The molecule has 3 aliphatic rings. The molecule has 0 bridgehead atoms. The van der Waals surface area contributed by atoms with Crippen molar-refractivity contribution in [1.82, 2.24) is 20.1 Å². The second-order valence-corrected chi connectivity index (χ2v) is 10.9. The van der Waals surface area contributed by atoms with Gasteiger partial charge in [-0.05, 0) is 72.5 Å². The molecule has 0 unspecified atom stereocenters. The summed E-state index contributed by atoms with van der Waals surface area (Å²) >= 11 is 0. The van der Waals surface area contributed by atoms with Gasteiger partial charge in [0.05, 0.1) is 5.92 Å². The first-order chi connectivity index (χ1) is 19.0. The molecule has 2 saturated heterocycles. The molecule has 0 spiro atoms. The van der Waals surface area contributed by atoms with Crippen LogP contribution in [0.1, 0.15) is 34.5 Å². The molecule has 3 aromatic rings. The monoisotopic (exact) mass is 632 g/mol. The maximum absolute atomic E-state index is 13.4. The summed E-state index contributed by atoms with van der Waals surface area (Å²) in [6.07, 6.45) is 3.28. The van der Waals surface area contributed by atoms with Gasteiger partial charge in [0.15, 0.2) is 0 Å². The molecule has 4 heterocycles. The van der Waals surface area contributed by atoms with Crippen LogP contribution >= 0.6 is 37.2 Å². The Hall–Kier alpha value is -2.88. The van der Waals surface area contributed by atoms with Gasteiger partial charge in [-0.1, -0.05) is 24.3 Å². The standard InChI is InChI=1S/C31H36N6O2.3ClH/c1-35-12-14-36(15-13-35)28-9-10-33-29(18-28)31(39)37-11-3-5-25(21-37)30(38)34-27-6-2-4-22(17-27)23-7-8-24-19-32-20-26(24)16-23;;;/h2,4,6-10,16-18,25,32H,3,5,11-15,19-21H2,1H3,(H,34,38);3*1H/t25-;;;/m0.../s1. The fraction of sp³-hybridized carbons (Fsp3) is 0.387. The Balaban J connectivity index is 0.00000161. The van der Waals surface area contributed by atoms with Crippen molar-refractivity contribution >= 4 is 60.4 Å². The number of pyridine rings is 1. The van der Waals surface area contributed by atoms with E-state index in [0.29, 0.717) is 18.8 Å². The highest BCUT2D eigenvalue weighted by Gasteiger charge is 2.30. The summed E-state index contributed by atoms with van der Waals surface area (Å²) in [5.41, 5.74) is 7.17. The maximum atomic E-state index is 13.4. The van der Waals surface area contributed by atoms with Crippen molar-refractivity contribution in [1.29, 1.82) is 0 Å². The number of piperidine rings is 1. The van der Waals surface area contributed by atoms with E-state index in [4.69, 9.17) is 0 Å². The second-order valence-electron chi connectivity index (χ2n) is 10.9. The molecule has 3 aliphatic heterocycles. The zero-order valence-corrected chi connectivity index (χ0v) is 26.2. The van der Waals surface area contributed by atoms with Crippen molar-refractivity contribution in [2.75, 3.05) is 56.5 Å². The molecule has 2 N–H and O–H groups in total. The molecule has 1 aromatic heterocycles. The van der Waals surface area contributed by atoms with E-state index in [1.807, 2.05) is 30.3 Å². The molecule has 42 heavy (non-hydrogen) atoms. The summed E-state index contributed by atoms with van der Waals surface area (Å²) in [7, 11) is 2.13. The summed E-state index contributed by atoms with van der Waals surface area (Å²) in [4.78, 5) is 37.5. The highest BCUT2D eigenvalue weighted by Crippen LogP contribution is 2.28. The number of nitrogens with one attached hydrogen (secondary N) is 2. The van der Waals surface area contributed by atoms with Gasteiger partial charge < -0.3 is 25.3 Å². The van der Waals surface area contributed by atoms with Crippen LogP contribution in [0.5, 0.6) is 0 Å². The van der Waals surface area contributed by atoms with Crippen LogP contribution in [0.25, 0.3) is 11.1 Å². The molecule has 2 fully saturated rings. The lowest BCUT2D eigenvalue weighted by molar-refractivity contribution is -0.121. The quantitative estimate of drug-likeness (QED) is 0.418. The number of amides is 2. The van der Waals surface area contributed by atoms with Gasteiger partial charge >= 0.3 is 0 Å². The van der Waals surface area contributed by atoms with Gasteiger partial charge in [0.1, 0.15) is 5.69 Å². The number of fused-ring (bicyclic) bond motifs is 1. The Morgan fingerprint density at radius 2 is 1.64 bits per heavy atom. The zero-order valence-electron chi connectivity index (χ0n) is 23.8. The summed E-state index contributed by atoms with van der Waals surface area (Å²) in [6, 6.07) is 18.4. The maximum Gasteiger partial charge on any atom is 0.272 e. The molecule has 2 aromatic carbocycles. The summed E-state index contributed by atoms with van der Waals surface area (Å²) in [5, 5.41) is 6.50. The van der Waals surface area contributed by atoms with Crippen molar-refractivity contribution in [2.24, 2.45) is 5.92 Å². The van der Waals surface area contributed by atoms with Crippen LogP contribution in [0.3, 0.4) is 0 Å². The van der Waals surface area contributed by atoms with Gasteiger partial charge in [-0.15, -0.1) is 37.2 Å². The predicted molar refractivity (Wildman–Crippen MR) is 175 cm³/mol. The third-order valence-electron chi connectivity index (χ3n) is 8.21. The van der Waals surface area contributed by atoms with Gasteiger partial charge in [0.25, 0.3) is 5.91 Å². The summed E-state index contributed by atoms with van der Waals surface area (Å²) in [5.74, 6) is -0.392. The normalized spacial score (nSPS) is 18.2. The molecular weight excluding hydrogens is 595 g/mol. The SMILES string of the molecule is CN1CCN(c2ccnc(C(=O)N3CCC[C@H](C(=O)Nc4cccc(-c5ccc6c(c5)CNC6)c4)C3)c2)CC1.Cl.Cl.Cl. The fourth-order valence-corrected chi connectivity index (χ4v) is 5.83. The van der Waals surface area contributed by atoms with Crippen molar-refractivity contribution in [3.63, 3.8) is 0 Å². The number of hydrogen-bond donors (Lipinski definition) is 2. The highest BCUT2D eigenvalue weighted by atomic mass is 35.5. The van der Waals surface area contributed by atoms with E-state index in [-0.39, 0.29) is 55.0 Å². The zero-order chi connectivity index (χ0) is 26.8. The smallest absolute Gasteiger partial charge is 0.272 e. The average Bonchev–Trinajstić information content (AvgIpc) is 3.46. The number of aromatic nitrogens is 1. The van der Waals surface area contributed by atoms with E-state index in [2.05, 4.69) is 56.7 Å². The first-order valence-electron chi connectivity index (χ1n) is 14.0. The van der Waals surface area contributed by atoms with Crippen LogP contribution in [-0.2, 0) is 17.9 Å². The lowest BCUT2D eigenvalue weighted by atomic mass is 9.96. The topological polar surface area (TPSA) is 80.8 Å². The van der Waals surface area contributed by atoms with Crippen molar-refractivity contribution < 1.29 is 9.59 Å². The number of hydrogen-bond acceptors (Lipinski definition) is 6. The Kier molecular flexibility index (Phi) is 12.0. The molecule has 11 heteroatoms. The number of halogens is 3. The number of likely N-dealkylation sites (N-methyl/N-ethyl adjacent to an activating group) is 1. The Morgan fingerprint density at radius 1 is 0.881 bits per heavy atom. The third-order valence-corrected chi connectivity index (χ3v) is 8.21. The molecule has 1 atom stereocenters. The minimum atomic E-state index is -0.252. The first-order valence-corrected chi connectivity index (χ1v) is 14.0. The van der Waals surface area contributed by atoms with Crippen LogP contribution in [0.4, 0.5) is 11.4 Å². The van der Waals surface area contributed by atoms with Crippen LogP contribution < -0.4 is 15.5 Å². The molecule has 2 amide bonds. The first kappa shape index (κ1) is 33.6. The molecule has 0 aliphatic carbocycles. The second kappa shape index (κ2) is 15.0. The van der Waals surface area contributed by atoms with Crippen LogP contribution in [0, 0.1) is 5.92 Å². The van der Waals surface area contributed by atoms with Crippen molar-refractivity contribution in [2.45, 2.75) is 25.9 Å². The fourth-order valence-electron chi connectivity index (χ4n) is 5.83. The largest absolute Gasteiger partial charge is 0.369 e. The minimum Gasteiger partial charge on any atom is -0.369 e. The van der Waals surface area contributed by atoms with Crippen molar-refractivity contribution in [3.05, 3.63) is 77.6 Å². The van der Waals surface area contributed by atoms with Gasteiger partial charge in [0, 0.05) is 69.9 Å². The molecular formula is C31H39Cl3N6O2. The van der Waals surface area contributed by atoms with Crippen molar-refractivity contribution in [3.8, 4) is 11.1 Å². The number of nitrogens with zero attached hydrogens (tertiary/aromatic N) is 4. The van der Waals surface area contributed by atoms with Crippen LogP contribution in [0.15, 0.2) is 60.8 Å². The number of piperazine rings is 1. The van der Waals surface area contributed by atoms with E-state index in [9.17, 15) is 9.59 Å². The van der Waals surface area contributed by atoms with Crippen LogP contribution in [-0.4, -0.2) is 72.9 Å². The Labute approximate surface area is 266 Å². The Morgan fingerprint density at radius 3 is 2.45 bits per heavy atom.